The number of alkyl halides is 3. The number of rotatable bonds is 4. The van der Waals surface area contributed by atoms with E-state index in [-0.39, 0.29) is 12.5 Å². The van der Waals surface area contributed by atoms with Crippen molar-refractivity contribution < 1.29 is 13.2 Å². The lowest BCUT2D eigenvalue weighted by molar-refractivity contribution is -0.135. The van der Waals surface area contributed by atoms with Crippen molar-refractivity contribution in [1.82, 2.24) is 0 Å². The Morgan fingerprint density at radius 2 is 2.00 bits per heavy atom. The first-order valence-corrected chi connectivity index (χ1v) is 4.72. The summed E-state index contributed by atoms with van der Waals surface area (Å²) in [5.74, 6) is 1.11. The predicted octanol–water partition coefficient (Wildman–Crippen LogP) is 2.70. The maximum Gasteiger partial charge on any atom is 0.389 e. The van der Waals surface area contributed by atoms with Crippen LogP contribution < -0.4 is 5.73 Å². The summed E-state index contributed by atoms with van der Waals surface area (Å²) in [5, 5.41) is 0. The lowest BCUT2D eigenvalue weighted by Crippen LogP contribution is -2.23. The second-order valence-electron chi connectivity index (χ2n) is 4.05. The molecule has 1 nitrogen and oxygen atoms in total. The molecule has 0 amide bonds. The molecule has 0 heterocycles. The molecule has 1 aliphatic rings. The molecule has 1 aliphatic carbocycles. The monoisotopic (exact) mass is 195 g/mol. The molecule has 0 aromatic carbocycles. The van der Waals surface area contributed by atoms with Crippen LogP contribution in [-0.2, 0) is 0 Å². The van der Waals surface area contributed by atoms with Crippen molar-refractivity contribution in [2.24, 2.45) is 17.6 Å². The van der Waals surface area contributed by atoms with E-state index in [1.54, 1.807) is 0 Å². The molecule has 0 radical (unpaired) electrons. The van der Waals surface area contributed by atoms with Crippen LogP contribution in [0.1, 0.15) is 32.6 Å². The van der Waals surface area contributed by atoms with Crippen LogP contribution in [0.25, 0.3) is 0 Å². The highest BCUT2D eigenvalue weighted by Gasteiger charge is 2.37. The zero-order valence-corrected chi connectivity index (χ0v) is 7.77. The quantitative estimate of drug-likeness (QED) is 0.733. The van der Waals surface area contributed by atoms with Crippen LogP contribution in [0.5, 0.6) is 0 Å². The van der Waals surface area contributed by atoms with E-state index in [1.807, 2.05) is 0 Å². The van der Waals surface area contributed by atoms with Gasteiger partial charge < -0.3 is 5.73 Å². The second kappa shape index (κ2) is 3.86. The fraction of sp³-hybridized carbons (Fsp3) is 1.00. The van der Waals surface area contributed by atoms with Crippen molar-refractivity contribution in [3.8, 4) is 0 Å². The Morgan fingerprint density at radius 1 is 1.46 bits per heavy atom. The average Bonchev–Trinajstić information content (AvgIpc) is 2.63. The standard InChI is InChI=1S/C9H16F3N/c1-6-5-7(6)8(13)3-2-4-9(10,11)12/h6-8H,2-5,13H2,1H3. The van der Waals surface area contributed by atoms with Crippen LogP contribution in [-0.4, -0.2) is 12.2 Å². The molecule has 0 aromatic rings. The fourth-order valence-electron chi connectivity index (χ4n) is 1.70. The van der Waals surface area contributed by atoms with E-state index in [4.69, 9.17) is 5.73 Å². The highest BCUT2D eigenvalue weighted by Crippen LogP contribution is 2.41. The fourth-order valence-corrected chi connectivity index (χ4v) is 1.70. The molecule has 3 unspecified atom stereocenters. The molecule has 2 N–H and O–H groups in total. The molecule has 0 spiro atoms. The first-order chi connectivity index (χ1) is 5.90. The van der Waals surface area contributed by atoms with Gasteiger partial charge in [-0.15, -0.1) is 0 Å². The third-order valence-corrected chi connectivity index (χ3v) is 2.72. The second-order valence-corrected chi connectivity index (χ2v) is 4.05. The molecule has 4 heteroatoms. The van der Waals surface area contributed by atoms with Gasteiger partial charge in [-0.2, -0.15) is 13.2 Å². The summed E-state index contributed by atoms with van der Waals surface area (Å²) < 4.78 is 35.3. The smallest absolute Gasteiger partial charge is 0.327 e. The number of nitrogens with two attached hydrogens (primary N) is 1. The van der Waals surface area contributed by atoms with Gasteiger partial charge in [0.25, 0.3) is 0 Å². The Kier molecular flexibility index (Phi) is 3.22. The van der Waals surface area contributed by atoms with Crippen LogP contribution in [0.3, 0.4) is 0 Å². The maximum atomic E-state index is 11.8. The molecule has 78 valence electrons. The summed E-state index contributed by atoms with van der Waals surface area (Å²) in [7, 11) is 0. The molecule has 0 saturated heterocycles. The molecule has 1 fully saturated rings. The molecular formula is C9H16F3N. The number of hydrogen-bond acceptors (Lipinski definition) is 1. The van der Waals surface area contributed by atoms with Gasteiger partial charge in [0.15, 0.2) is 0 Å². The molecular weight excluding hydrogens is 179 g/mol. The van der Waals surface area contributed by atoms with Gasteiger partial charge in [0, 0.05) is 12.5 Å². The Bertz CT molecular complexity index is 167. The van der Waals surface area contributed by atoms with Gasteiger partial charge in [0.05, 0.1) is 0 Å². The molecule has 0 bridgehead atoms. The molecule has 13 heavy (non-hydrogen) atoms. The van der Waals surface area contributed by atoms with Gasteiger partial charge in [-0.1, -0.05) is 6.92 Å². The van der Waals surface area contributed by atoms with Crippen molar-refractivity contribution in [3.05, 3.63) is 0 Å². The van der Waals surface area contributed by atoms with Gasteiger partial charge in [-0.3, -0.25) is 0 Å². The molecule has 1 saturated carbocycles. The van der Waals surface area contributed by atoms with E-state index in [2.05, 4.69) is 6.92 Å². The first kappa shape index (κ1) is 10.8. The van der Waals surface area contributed by atoms with Crippen molar-refractivity contribution in [2.75, 3.05) is 0 Å². The largest absolute Gasteiger partial charge is 0.389 e. The first-order valence-electron chi connectivity index (χ1n) is 4.72. The SMILES string of the molecule is CC1CC1C(N)CCCC(F)(F)F. The van der Waals surface area contributed by atoms with Crippen LogP contribution in [0.15, 0.2) is 0 Å². The molecule has 1 rings (SSSR count). The van der Waals surface area contributed by atoms with Gasteiger partial charge in [-0.25, -0.2) is 0 Å². The van der Waals surface area contributed by atoms with Gasteiger partial charge in [-0.05, 0) is 31.1 Å². The van der Waals surface area contributed by atoms with Crippen LogP contribution in [0, 0.1) is 11.8 Å². The summed E-state index contributed by atoms with van der Waals surface area (Å²) in [4.78, 5) is 0. The molecule has 3 atom stereocenters. The van der Waals surface area contributed by atoms with E-state index in [0.717, 1.165) is 6.42 Å². The summed E-state index contributed by atoms with van der Waals surface area (Å²) in [6.07, 6.45) is -2.94. The summed E-state index contributed by atoms with van der Waals surface area (Å²) in [6, 6.07) is -0.0163. The summed E-state index contributed by atoms with van der Waals surface area (Å²) in [5.41, 5.74) is 5.73. The maximum absolute atomic E-state index is 11.8. The zero-order chi connectivity index (χ0) is 10.1. The molecule has 0 aliphatic heterocycles. The minimum atomic E-state index is -4.02. The highest BCUT2D eigenvalue weighted by molar-refractivity contribution is 4.90. The summed E-state index contributed by atoms with van der Waals surface area (Å²) in [6.45, 7) is 2.09. The Balaban J connectivity index is 2.06. The Hall–Kier alpha value is -0.250. The number of halogens is 3. The van der Waals surface area contributed by atoms with Crippen LogP contribution in [0.2, 0.25) is 0 Å². The summed E-state index contributed by atoms with van der Waals surface area (Å²) >= 11 is 0. The average molecular weight is 195 g/mol. The third-order valence-electron chi connectivity index (χ3n) is 2.72. The highest BCUT2D eigenvalue weighted by atomic mass is 19.4. The number of hydrogen-bond donors (Lipinski definition) is 1. The van der Waals surface area contributed by atoms with Gasteiger partial charge in [0.2, 0.25) is 0 Å². The minimum absolute atomic E-state index is 0.0163. The Labute approximate surface area is 76.5 Å². The topological polar surface area (TPSA) is 26.0 Å². The van der Waals surface area contributed by atoms with E-state index < -0.39 is 12.6 Å². The Morgan fingerprint density at radius 3 is 2.38 bits per heavy atom. The van der Waals surface area contributed by atoms with Crippen molar-refractivity contribution in [1.29, 1.82) is 0 Å². The van der Waals surface area contributed by atoms with Gasteiger partial charge in [0.1, 0.15) is 0 Å². The zero-order valence-electron chi connectivity index (χ0n) is 7.77. The van der Waals surface area contributed by atoms with E-state index in [9.17, 15) is 13.2 Å². The van der Waals surface area contributed by atoms with E-state index in [0.29, 0.717) is 18.3 Å². The van der Waals surface area contributed by atoms with Crippen LogP contribution in [0.4, 0.5) is 13.2 Å². The van der Waals surface area contributed by atoms with Crippen LogP contribution >= 0.6 is 0 Å². The lowest BCUT2D eigenvalue weighted by atomic mass is 10.0. The predicted molar refractivity (Wildman–Crippen MR) is 45.2 cm³/mol. The molecule has 0 aromatic heterocycles. The van der Waals surface area contributed by atoms with Crippen molar-refractivity contribution in [2.45, 2.75) is 44.8 Å². The lowest BCUT2D eigenvalue weighted by Gasteiger charge is -2.11. The van der Waals surface area contributed by atoms with Gasteiger partial charge >= 0.3 is 6.18 Å². The minimum Gasteiger partial charge on any atom is -0.327 e. The third kappa shape index (κ3) is 3.98. The van der Waals surface area contributed by atoms with Crippen molar-refractivity contribution in [3.63, 3.8) is 0 Å². The van der Waals surface area contributed by atoms with E-state index >= 15 is 0 Å². The normalized spacial score (nSPS) is 30.2. The van der Waals surface area contributed by atoms with Crippen molar-refractivity contribution >= 4 is 0 Å². The van der Waals surface area contributed by atoms with E-state index in [1.165, 1.54) is 0 Å².